The number of hydrogen-bond donors (Lipinski definition) is 2. The number of methoxy groups -OCH3 is 1. The van der Waals surface area contributed by atoms with Gasteiger partial charge >= 0.3 is 5.97 Å². The molecule has 0 aliphatic heterocycles. The monoisotopic (exact) mass is 450 g/mol. The minimum absolute atomic E-state index is 0.106. The van der Waals surface area contributed by atoms with E-state index in [1.807, 2.05) is 6.07 Å². The number of esters is 1. The van der Waals surface area contributed by atoms with Gasteiger partial charge in [0.05, 0.1) is 22.7 Å². The first kappa shape index (κ1) is 23.6. The third-order valence-electron chi connectivity index (χ3n) is 4.18. The molecule has 0 aliphatic rings. The van der Waals surface area contributed by atoms with Gasteiger partial charge in [-0.05, 0) is 37.5 Å². The Morgan fingerprint density at radius 3 is 2.63 bits per heavy atom. The molecule has 1 aromatic heterocycles. The Balaban J connectivity index is 2.00. The summed E-state index contributed by atoms with van der Waals surface area (Å²) in [7, 11) is 1.25. The van der Waals surface area contributed by atoms with E-state index >= 15 is 0 Å². The molecule has 1 atom stereocenters. The van der Waals surface area contributed by atoms with Crippen LogP contribution in [0.5, 0.6) is 0 Å². The summed E-state index contributed by atoms with van der Waals surface area (Å²) in [6.45, 7) is 2.12. The average Bonchev–Trinajstić information content (AvgIpc) is 2.74. The topological polar surface area (TPSA) is 93.2 Å². The van der Waals surface area contributed by atoms with Gasteiger partial charge in [-0.15, -0.1) is 0 Å². The van der Waals surface area contributed by atoms with E-state index in [0.29, 0.717) is 5.95 Å². The number of hydrogen-bond acceptors (Lipinski definition) is 6. The molecule has 2 rings (SSSR count). The van der Waals surface area contributed by atoms with E-state index in [2.05, 4.69) is 27.5 Å². The number of rotatable bonds is 10. The number of benzene rings is 1. The molecule has 0 fully saturated rings. The predicted molar refractivity (Wildman–Crippen MR) is 118 cm³/mol. The van der Waals surface area contributed by atoms with Gasteiger partial charge in [0.2, 0.25) is 5.95 Å². The zero-order valence-electron chi connectivity index (χ0n) is 16.8. The fourth-order valence-electron chi connectivity index (χ4n) is 2.60. The number of carbonyl (C=O) groups is 2. The first-order valence-corrected chi connectivity index (χ1v) is 10.3. The highest BCUT2D eigenvalue weighted by Crippen LogP contribution is 2.24. The van der Waals surface area contributed by atoms with Crippen molar-refractivity contribution < 1.29 is 14.3 Å². The largest absolute Gasteiger partial charge is 0.467 e. The molecule has 9 heteroatoms. The van der Waals surface area contributed by atoms with Crippen LogP contribution < -0.4 is 10.6 Å². The van der Waals surface area contributed by atoms with Crippen molar-refractivity contribution in [1.29, 1.82) is 0 Å². The van der Waals surface area contributed by atoms with E-state index in [1.54, 1.807) is 36.7 Å². The lowest BCUT2D eigenvalue weighted by Gasteiger charge is -2.16. The highest BCUT2D eigenvalue weighted by molar-refractivity contribution is 6.39. The number of aryl methyl sites for hydroxylation is 1. The first-order chi connectivity index (χ1) is 14.5. The Morgan fingerprint density at radius 1 is 1.23 bits per heavy atom. The van der Waals surface area contributed by atoms with Crippen LogP contribution in [0, 0.1) is 0 Å². The quantitative estimate of drug-likeness (QED) is 0.520. The highest BCUT2D eigenvalue weighted by atomic mass is 35.5. The SMILES string of the molecule is CCCCc1ccnc(N/C=C/CC(NC(=O)c2c(Cl)cccc2Cl)C(=O)OC)n1. The minimum Gasteiger partial charge on any atom is -0.467 e. The maximum Gasteiger partial charge on any atom is 0.328 e. The number of ether oxygens (including phenoxy) is 1. The fraction of sp³-hybridized carbons (Fsp3) is 0.333. The van der Waals surface area contributed by atoms with Crippen molar-refractivity contribution in [3.05, 3.63) is 64.0 Å². The number of amides is 1. The third kappa shape index (κ3) is 7.00. The summed E-state index contributed by atoms with van der Waals surface area (Å²) in [5.41, 5.74) is 1.06. The zero-order chi connectivity index (χ0) is 21.9. The lowest BCUT2D eigenvalue weighted by molar-refractivity contribution is -0.142. The van der Waals surface area contributed by atoms with E-state index in [0.717, 1.165) is 25.0 Å². The smallest absolute Gasteiger partial charge is 0.328 e. The third-order valence-corrected chi connectivity index (χ3v) is 4.81. The molecule has 0 saturated heterocycles. The molecule has 2 aromatic rings. The Hall–Kier alpha value is -2.64. The molecule has 0 spiro atoms. The van der Waals surface area contributed by atoms with Crippen molar-refractivity contribution >= 4 is 41.0 Å². The molecule has 1 aromatic carbocycles. The van der Waals surface area contributed by atoms with Gasteiger partial charge in [-0.1, -0.05) is 48.7 Å². The number of anilines is 1. The van der Waals surface area contributed by atoms with Gasteiger partial charge in [0.15, 0.2) is 0 Å². The standard InChI is InChI=1S/C21H24Cl2N4O3/c1-3-4-7-14-11-13-25-21(26-14)24-12-6-10-17(20(29)30-2)27-19(28)18-15(22)8-5-9-16(18)23/h5-6,8-9,11-13,17H,3-4,7,10H2,1-2H3,(H,27,28)(H,24,25,26)/b12-6+. The molecular formula is C21H24Cl2N4O3. The number of nitrogens with zero attached hydrogens (tertiary/aromatic N) is 2. The van der Waals surface area contributed by atoms with E-state index in [9.17, 15) is 9.59 Å². The number of carbonyl (C=O) groups excluding carboxylic acids is 2. The summed E-state index contributed by atoms with van der Waals surface area (Å²) < 4.78 is 4.78. The van der Waals surface area contributed by atoms with Crippen LogP contribution in [-0.2, 0) is 16.0 Å². The lowest BCUT2D eigenvalue weighted by Crippen LogP contribution is -2.41. The van der Waals surface area contributed by atoms with Crippen LogP contribution >= 0.6 is 23.2 Å². The summed E-state index contributed by atoms with van der Waals surface area (Å²) in [4.78, 5) is 33.2. The molecule has 0 bridgehead atoms. The van der Waals surface area contributed by atoms with Crippen LogP contribution in [0.3, 0.4) is 0 Å². The van der Waals surface area contributed by atoms with Gasteiger partial charge in [-0.3, -0.25) is 4.79 Å². The molecule has 160 valence electrons. The molecule has 1 amide bonds. The summed E-state index contributed by atoms with van der Waals surface area (Å²) in [6.07, 6.45) is 8.21. The Labute approximate surface area is 185 Å². The van der Waals surface area contributed by atoms with Crippen LogP contribution in [0.25, 0.3) is 0 Å². The summed E-state index contributed by atoms with van der Waals surface area (Å²) in [5.74, 6) is -0.690. The van der Waals surface area contributed by atoms with E-state index in [-0.39, 0.29) is 22.0 Å². The van der Waals surface area contributed by atoms with Crippen molar-refractivity contribution in [2.24, 2.45) is 0 Å². The second-order valence-corrected chi connectivity index (χ2v) is 7.22. The highest BCUT2D eigenvalue weighted by Gasteiger charge is 2.23. The van der Waals surface area contributed by atoms with E-state index in [1.165, 1.54) is 7.11 Å². The molecule has 0 aliphatic carbocycles. The summed E-state index contributed by atoms with van der Waals surface area (Å²) >= 11 is 12.1. The summed E-state index contributed by atoms with van der Waals surface area (Å²) in [5, 5.41) is 5.96. The molecule has 0 radical (unpaired) electrons. The molecule has 0 saturated carbocycles. The van der Waals surface area contributed by atoms with E-state index in [4.69, 9.17) is 27.9 Å². The van der Waals surface area contributed by atoms with Crippen molar-refractivity contribution in [2.45, 2.75) is 38.6 Å². The van der Waals surface area contributed by atoms with Crippen LogP contribution in [0.1, 0.15) is 42.2 Å². The molecular weight excluding hydrogens is 427 g/mol. The van der Waals surface area contributed by atoms with Crippen molar-refractivity contribution in [2.75, 3.05) is 12.4 Å². The van der Waals surface area contributed by atoms with Crippen LogP contribution in [0.2, 0.25) is 10.0 Å². The Bertz CT molecular complexity index is 885. The Kier molecular flexibility index (Phi) is 9.57. The molecule has 7 nitrogen and oxygen atoms in total. The predicted octanol–water partition coefficient (Wildman–Crippen LogP) is 4.41. The van der Waals surface area contributed by atoms with Gasteiger partial charge in [0.1, 0.15) is 6.04 Å². The normalized spacial score (nSPS) is 11.9. The molecule has 1 heterocycles. The molecule has 30 heavy (non-hydrogen) atoms. The van der Waals surface area contributed by atoms with Gasteiger partial charge in [-0.2, -0.15) is 0 Å². The number of halogens is 2. The number of unbranched alkanes of at least 4 members (excludes halogenated alkanes) is 1. The molecule has 1 unspecified atom stereocenters. The van der Waals surface area contributed by atoms with Crippen molar-refractivity contribution in [3.63, 3.8) is 0 Å². The van der Waals surface area contributed by atoms with Gasteiger partial charge in [0.25, 0.3) is 5.91 Å². The minimum atomic E-state index is -0.912. The van der Waals surface area contributed by atoms with Gasteiger partial charge in [-0.25, -0.2) is 14.8 Å². The maximum absolute atomic E-state index is 12.5. The zero-order valence-corrected chi connectivity index (χ0v) is 18.3. The second kappa shape index (κ2) is 12.1. The van der Waals surface area contributed by atoms with Crippen LogP contribution in [-0.4, -0.2) is 35.0 Å². The second-order valence-electron chi connectivity index (χ2n) is 6.40. The number of aromatic nitrogens is 2. The average molecular weight is 451 g/mol. The van der Waals surface area contributed by atoms with Crippen molar-refractivity contribution in [3.8, 4) is 0 Å². The van der Waals surface area contributed by atoms with Crippen molar-refractivity contribution in [1.82, 2.24) is 15.3 Å². The van der Waals surface area contributed by atoms with Crippen LogP contribution in [0.4, 0.5) is 5.95 Å². The summed E-state index contributed by atoms with van der Waals surface area (Å²) in [6, 6.07) is 5.70. The fourth-order valence-corrected chi connectivity index (χ4v) is 3.17. The number of nitrogens with one attached hydrogen (secondary N) is 2. The van der Waals surface area contributed by atoms with Gasteiger partial charge in [0, 0.05) is 18.1 Å². The van der Waals surface area contributed by atoms with Crippen LogP contribution in [0.15, 0.2) is 42.7 Å². The van der Waals surface area contributed by atoms with Gasteiger partial charge < -0.3 is 15.4 Å². The Morgan fingerprint density at radius 2 is 1.97 bits per heavy atom. The molecule has 2 N–H and O–H groups in total. The maximum atomic E-state index is 12.5. The van der Waals surface area contributed by atoms with E-state index < -0.39 is 17.9 Å². The first-order valence-electron chi connectivity index (χ1n) is 9.52. The lowest BCUT2D eigenvalue weighted by atomic mass is 10.1.